The normalized spacial score (nSPS) is 17.1. The third-order valence-corrected chi connectivity index (χ3v) is 6.34. The van der Waals surface area contributed by atoms with Crippen LogP contribution in [0.5, 0.6) is 0 Å². The third-order valence-electron chi connectivity index (χ3n) is 5.33. The van der Waals surface area contributed by atoms with Crippen molar-refractivity contribution >= 4 is 33.0 Å². The second-order valence-corrected chi connectivity index (χ2v) is 8.01. The minimum Gasteiger partial charge on any atom is -0.325 e. The lowest BCUT2D eigenvalue weighted by Crippen LogP contribution is -2.52. The molecule has 140 valence electrons. The first-order valence-corrected chi connectivity index (χ1v) is 10.4. The first-order chi connectivity index (χ1) is 13.2. The van der Waals surface area contributed by atoms with E-state index in [-0.39, 0.29) is 11.9 Å². The number of carbonyl (C=O) groups is 1. The maximum Gasteiger partial charge on any atom is 0.241 e. The number of benzene rings is 2. The van der Waals surface area contributed by atoms with Gasteiger partial charge in [0.2, 0.25) is 5.91 Å². The monoisotopic (exact) mass is 379 g/mol. The van der Waals surface area contributed by atoms with E-state index in [0.717, 1.165) is 38.4 Å². The van der Waals surface area contributed by atoms with Gasteiger partial charge < -0.3 is 5.32 Å². The molecule has 1 atom stereocenters. The first kappa shape index (κ1) is 18.2. The zero-order valence-corrected chi connectivity index (χ0v) is 16.4. The molecule has 1 aliphatic heterocycles. The summed E-state index contributed by atoms with van der Waals surface area (Å²) in [5, 5.41) is 6.67. The van der Waals surface area contributed by atoms with Gasteiger partial charge in [0, 0.05) is 43.1 Å². The molecule has 0 radical (unpaired) electrons. The van der Waals surface area contributed by atoms with E-state index in [4.69, 9.17) is 0 Å². The highest BCUT2D eigenvalue weighted by Crippen LogP contribution is 2.27. The van der Waals surface area contributed by atoms with Gasteiger partial charge in [0.05, 0.1) is 6.04 Å². The average molecular weight is 380 g/mol. The minimum absolute atomic E-state index is 0.0680. The summed E-state index contributed by atoms with van der Waals surface area (Å²) < 4.78 is 1.36. The van der Waals surface area contributed by atoms with E-state index in [0.29, 0.717) is 0 Å². The van der Waals surface area contributed by atoms with Crippen LogP contribution in [0.25, 0.3) is 10.1 Å². The van der Waals surface area contributed by atoms with E-state index in [1.165, 1.54) is 15.6 Å². The molecule has 1 amide bonds. The van der Waals surface area contributed by atoms with Crippen LogP contribution < -0.4 is 5.32 Å². The summed E-state index contributed by atoms with van der Waals surface area (Å²) in [6.45, 7) is 6.82. The molecule has 1 fully saturated rings. The molecular weight excluding hydrogens is 354 g/mol. The fourth-order valence-electron chi connectivity index (χ4n) is 3.64. The first-order valence-electron chi connectivity index (χ1n) is 9.48. The predicted molar refractivity (Wildman–Crippen MR) is 113 cm³/mol. The minimum atomic E-state index is -0.116. The van der Waals surface area contributed by atoms with Crippen molar-refractivity contribution in [1.29, 1.82) is 0 Å². The number of thiophene rings is 1. The standard InChI is InChI=1S/C22H25N3OS/c1-17(22(26)23-19-7-3-2-4-8-19)25-13-11-24(12-14-25)15-18-16-27-21-10-6-5-9-20(18)21/h2-10,16-17H,11-15H2,1H3,(H,23,26)/t17-/m1/s1. The van der Waals surface area contributed by atoms with E-state index < -0.39 is 0 Å². The lowest BCUT2D eigenvalue weighted by Gasteiger charge is -2.37. The fraction of sp³-hybridized carbons (Fsp3) is 0.318. The summed E-state index contributed by atoms with van der Waals surface area (Å²) in [5.74, 6) is 0.0680. The van der Waals surface area contributed by atoms with Crippen molar-refractivity contribution in [3.8, 4) is 0 Å². The lowest BCUT2D eigenvalue weighted by atomic mass is 10.1. The van der Waals surface area contributed by atoms with Crippen molar-refractivity contribution in [1.82, 2.24) is 9.80 Å². The van der Waals surface area contributed by atoms with Gasteiger partial charge >= 0.3 is 0 Å². The topological polar surface area (TPSA) is 35.6 Å². The fourth-order valence-corrected chi connectivity index (χ4v) is 4.59. The van der Waals surface area contributed by atoms with E-state index in [1.807, 2.05) is 48.6 Å². The second kappa shape index (κ2) is 8.21. The maximum atomic E-state index is 12.5. The second-order valence-electron chi connectivity index (χ2n) is 7.10. The van der Waals surface area contributed by atoms with E-state index in [9.17, 15) is 4.79 Å². The number of anilines is 1. The SMILES string of the molecule is C[C@H](C(=O)Nc1ccccc1)N1CCN(Cc2csc3ccccc23)CC1. The van der Waals surface area contributed by atoms with Gasteiger partial charge in [-0.05, 0) is 41.5 Å². The van der Waals surface area contributed by atoms with Gasteiger partial charge in [0.25, 0.3) is 0 Å². The van der Waals surface area contributed by atoms with Crippen LogP contribution in [0.4, 0.5) is 5.69 Å². The summed E-state index contributed by atoms with van der Waals surface area (Å²) in [4.78, 5) is 17.3. The van der Waals surface area contributed by atoms with Crippen molar-refractivity contribution in [2.24, 2.45) is 0 Å². The van der Waals surface area contributed by atoms with E-state index >= 15 is 0 Å². The Bertz CT molecular complexity index is 900. The van der Waals surface area contributed by atoms with Crippen molar-refractivity contribution < 1.29 is 4.79 Å². The van der Waals surface area contributed by atoms with E-state index in [2.05, 4.69) is 44.8 Å². The molecule has 2 aromatic carbocycles. The highest BCUT2D eigenvalue weighted by atomic mass is 32.1. The molecule has 0 aliphatic carbocycles. The third kappa shape index (κ3) is 4.21. The summed E-state index contributed by atoms with van der Waals surface area (Å²) in [5.41, 5.74) is 2.27. The number of fused-ring (bicyclic) bond motifs is 1. The average Bonchev–Trinajstić information content (AvgIpc) is 3.12. The van der Waals surface area contributed by atoms with Crippen LogP contribution >= 0.6 is 11.3 Å². The number of para-hydroxylation sites is 1. The molecule has 5 heteroatoms. The molecule has 1 aliphatic rings. The number of hydrogen-bond acceptors (Lipinski definition) is 4. The summed E-state index contributed by atoms with van der Waals surface area (Å²) in [6, 6.07) is 18.2. The van der Waals surface area contributed by atoms with Gasteiger partial charge in [-0.25, -0.2) is 0 Å². The number of piperazine rings is 1. The van der Waals surface area contributed by atoms with Crippen LogP contribution in [-0.2, 0) is 11.3 Å². The molecule has 27 heavy (non-hydrogen) atoms. The highest BCUT2D eigenvalue weighted by molar-refractivity contribution is 7.17. The Hall–Kier alpha value is -2.21. The van der Waals surface area contributed by atoms with Gasteiger partial charge in [0.1, 0.15) is 0 Å². The number of nitrogens with zero attached hydrogens (tertiary/aromatic N) is 2. The van der Waals surface area contributed by atoms with Gasteiger partial charge in [-0.1, -0.05) is 36.4 Å². The number of amides is 1. The molecule has 3 aromatic rings. The van der Waals surface area contributed by atoms with E-state index in [1.54, 1.807) is 0 Å². The Kier molecular flexibility index (Phi) is 5.53. The summed E-state index contributed by atoms with van der Waals surface area (Å²) >= 11 is 1.82. The maximum absolute atomic E-state index is 12.5. The van der Waals surface area contributed by atoms with Crippen LogP contribution in [0.1, 0.15) is 12.5 Å². The highest BCUT2D eigenvalue weighted by Gasteiger charge is 2.25. The molecule has 2 heterocycles. The molecule has 1 N–H and O–H groups in total. The molecule has 1 saturated heterocycles. The number of hydrogen-bond donors (Lipinski definition) is 1. The van der Waals surface area contributed by atoms with Crippen LogP contribution in [0, 0.1) is 0 Å². The van der Waals surface area contributed by atoms with Crippen molar-refractivity contribution in [2.45, 2.75) is 19.5 Å². The van der Waals surface area contributed by atoms with Crippen molar-refractivity contribution in [2.75, 3.05) is 31.5 Å². The quantitative estimate of drug-likeness (QED) is 0.727. The largest absolute Gasteiger partial charge is 0.325 e. The Labute approximate surface area is 164 Å². The number of carbonyl (C=O) groups excluding carboxylic acids is 1. The Morgan fingerprint density at radius 1 is 1.04 bits per heavy atom. The zero-order valence-electron chi connectivity index (χ0n) is 15.6. The van der Waals surface area contributed by atoms with Crippen molar-refractivity contribution in [3.05, 3.63) is 65.5 Å². The lowest BCUT2D eigenvalue weighted by molar-refractivity contribution is -0.121. The molecule has 1 aromatic heterocycles. The Morgan fingerprint density at radius 2 is 1.74 bits per heavy atom. The van der Waals surface area contributed by atoms with Gasteiger partial charge in [-0.3, -0.25) is 14.6 Å². The van der Waals surface area contributed by atoms with Crippen LogP contribution in [0.15, 0.2) is 60.0 Å². The molecule has 4 nitrogen and oxygen atoms in total. The Morgan fingerprint density at radius 3 is 2.52 bits per heavy atom. The van der Waals surface area contributed by atoms with Crippen molar-refractivity contribution in [3.63, 3.8) is 0 Å². The number of nitrogens with one attached hydrogen (secondary N) is 1. The zero-order chi connectivity index (χ0) is 18.6. The van der Waals surface area contributed by atoms with Gasteiger partial charge in [0.15, 0.2) is 0 Å². The molecular formula is C22H25N3OS. The van der Waals surface area contributed by atoms with Crippen LogP contribution in [-0.4, -0.2) is 47.9 Å². The summed E-state index contributed by atoms with van der Waals surface area (Å²) in [6.07, 6.45) is 0. The van der Waals surface area contributed by atoms with Gasteiger partial charge in [-0.15, -0.1) is 11.3 Å². The molecule has 0 unspecified atom stereocenters. The molecule has 4 rings (SSSR count). The predicted octanol–water partition coefficient (Wildman–Crippen LogP) is 4.05. The van der Waals surface area contributed by atoms with Gasteiger partial charge in [-0.2, -0.15) is 0 Å². The Balaban J connectivity index is 1.31. The van der Waals surface area contributed by atoms with Crippen LogP contribution in [0.2, 0.25) is 0 Å². The molecule has 0 saturated carbocycles. The molecule has 0 spiro atoms. The smallest absolute Gasteiger partial charge is 0.241 e. The molecule has 0 bridgehead atoms. The van der Waals surface area contributed by atoms with Crippen LogP contribution in [0.3, 0.4) is 0 Å². The number of rotatable bonds is 5. The summed E-state index contributed by atoms with van der Waals surface area (Å²) in [7, 11) is 0.